The van der Waals surface area contributed by atoms with E-state index in [2.05, 4.69) is 25.5 Å². The predicted molar refractivity (Wildman–Crippen MR) is 138 cm³/mol. The molecule has 180 valence electrons. The third-order valence-corrected chi connectivity index (χ3v) is 8.74. The van der Waals surface area contributed by atoms with Gasteiger partial charge >= 0.3 is 0 Å². The van der Waals surface area contributed by atoms with Crippen LogP contribution < -0.4 is 5.32 Å². The molecular weight excluding hydrogens is 549 g/mol. The van der Waals surface area contributed by atoms with Crippen LogP contribution in [0.15, 0.2) is 64.2 Å². The number of carbonyl (C=O) groups excluding carboxylic acids is 1. The fourth-order valence-electron chi connectivity index (χ4n) is 2.90. The summed E-state index contributed by atoms with van der Waals surface area (Å²) in [7, 11) is -3.91. The Morgan fingerprint density at radius 2 is 1.83 bits per heavy atom. The molecule has 1 N–H and O–H groups in total. The molecular formula is C22H17Cl2N5O3S3. The highest BCUT2D eigenvalue weighted by Crippen LogP contribution is 2.29. The van der Waals surface area contributed by atoms with E-state index in [1.54, 1.807) is 12.1 Å². The van der Waals surface area contributed by atoms with Crippen LogP contribution in [0.1, 0.15) is 27.2 Å². The van der Waals surface area contributed by atoms with Gasteiger partial charge in [-0.1, -0.05) is 82.7 Å². The molecule has 0 bridgehead atoms. The van der Waals surface area contributed by atoms with Crippen LogP contribution in [0.4, 0.5) is 5.13 Å². The smallest absolute Gasteiger partial charge is 0.277 e. The Hall–Kier alpha value is -2.57. The summed E-state index contributed by atoms with van der Waals surface area (Å²) in [4.78, 5) is 20.6. The molecule has 0 spiro atoms. The Balaban J connectivity index is 1.46. The minimum absolute atomic E-state index is 0.0841. The molecule has 0 saturated carbocycles. The number of amides is 1. The summed E-state index contributed by atoms with van der Waals surface area (Å²) in [6.45, 7) is 1.82. The Bertz CT molecular complexity index is 1480. The van der Waals surface area contributed by atoms with Gasteiger partial charge in [-0.3, -0.25) is 10.1 Å². The summed E-state index contributed by atoms with van der Waals surface area (Å²) in [5.74, 6) is -0.359. The van der Waals surface area contributed by atoms with Crippen LogP contribution in [-0.4, -0.2) is 34.5 Å². The summed E-state index contributed by atoms with van der Waals surface area (Å²) < 4.78 is 26.4. The van der Waals surface area contributed by atoms with Gasteiger partial charge in [0.15, 0.2) is 10.0 Å². The van der Waals surface area contributed by atoms with Gasteiger partial charge in [0.1, 0.15) is 0 Å². The van der Waals surface area contributed by atoms with Crippen LogP contribution in [0.25, 0.3) is 0 Å². The number of carbonyl (C=O) groups is 1. The van der Waals surface area contributed by atoms with Crippen molar-refractivity contribution in [2.24, 2.45) is 0 Å². The first-order valence-electron chi connectivity index (χ1n) is 10.0. The molecule has 0 aliphatic rings. The number of nitrogens with one attached hydrogen (secondary N) is 1. The molecule has 0 fully saturated rings. The SMILES string of the molecule is Cc1ccccc1CS(=O)(=O)c1ncc(Cl)c(C(=O)Nc2nnc(SCc3ccc(Cl)cc3)s2)n1. The highest BCUT2D eigenvalue weighted by Gasteiger charge is 2.24. The van der Waals surface area contributed by atoms with E-state index in [0.717, 1.165) is 17.3 Å². The number of sulfone groups is 1. The van der Waals surface area contributed by atoms with Crippen LogP contribution in [0.2, 0.25) is 10.0 Å². The van der Waals surface area contributed by atoms with Crippen LogP contribution in [0.3, 0.4) is 0 Å². The van der Waals surface area contributed by atoms with Crippen LogP contribution in [0.5, 0.6) is 0 Å². The Morgan fingerprint density at radius 1 is 1.09 bits per heavy atom. The van der Waals surface area contributed by atoms with Gasteiger partial charge < -0.3 is 0 Å². The lowest BCUT2D eigenvalue weighted by atomic mass is 10.1. The number of aromatic nitrogens is 4. The van der Waals surface area contributed by atoms with Gasteiger partial charge in [-0.25, -0.2) is 18.4 Å². The van der Waals surface area contributed by atoms with Crippen molar-refractivity contribution in [2.45, 2.75) is 27.9 Å². The molecule has 13 heteroatoms. The summed E-state index contributed by atoms with van der Waals surface area (Å²) in [5.41, 5.74) is 2.24. The van der Waals surface area contributed by atoms with E-state index in [4.69, 9.17) is 23.2 Å². The monoisotopic (exact) mass is 565 g/mol. The molecule has 0 saturated heterocycles. The third-order valence-electron chi connectivity index (χ3n) is 4.72. The molecule has 0 aliphatic carbocycles. The van der Waals surface area contributed by atoms with Crippen molar-refractivity contribution in [1.29, 1.82) is 0 Å². The van der Waals surface area contributed by atoms with Crippen molar-refractivity contribution >= 4 is 67.2 Å². The number of aryl methyl sites for hydroxylation is 1. The minimum atomic E-state index is -3.91. The standard InChI is InChI=1S/C22H17Cl2N5O3S3/c1-13-4-2-3-5-15(13)12-35(31,32)21-25-10-17(24)18(26-21)19(30)27-20-28-29-22(34-20)33-11-14-6-8-16(23)9-7-14/h2-10H,11-12H2,1H3,(H,27,28,30). The number of hydrogen-bond acceptors (Lipinski definition) is 9. The largest absolute Gasteiger partial charge is 0.295 e. The third kappa shape index (κ3) is 6.56. The molecule has 35 heavy (non-hydrogen) atoms. The minimum Gasteiger partial charge on any atom is -0.295 e. The molecule has 4 rings (SSSR count). The normalized spacial score (nSPS) is 11.4. The molecule has 4 aromatic rings. The van der Waals surface area contributed by atoms with Gasteiger partial charge in [0, 0.05) is 10.8 Å². The van der Waals surface area contributed by atoms with Crippen molar-refractivity contribution in [2.75, 3.05) is 5.32 Å². The van der Waals surface area contributed by atoms with Gasteiger partial charge in [-0.05, 0) is 35.7 Å². The Kier molecular flexibility index (Phi) is 8.02. The van der Waals surface area contributed by atoms with Gasteiger partial charge in [-0.2, -0.15) is 0 Å². The highest BCUT2D eigenvalue weighted by molar-refractivity contribution is 8.00. The first-order chi connectivity index (χ1) is 16.7. The van der Waals surface area contributed by atoms with Gasteiger partial charge in [0.25, 0.3) is 5.91 Å². The summed E-state index contributed by atoms with van der Waals surface area (Å²) in [6.07, 6.45) is 1.10. The van der Waals surface area contributed by atoms with Crippen molar-refractivity contribution in [3.63, 3.8) is 0 Å². The topological polar surface area (TPSA) is 115 Å². The number of hydrogen-bond donors (Lipinski definition) is 1. The van der Waals surface area contributed by atoms with Crippen LogP contribution >= 0.6 is 46.3 Å². The maximum Gasteiger partial charge on any atom is 0.277 e. The molecule has 1 amide bonds. The van der Waals surface area contributed by atoms with Crippen molar-refractivity contribution in [3.8, 4) is 0 Å². The van der Waals surface area contributed by atoms with E-state index in [1.807, 2.05) is 43.3 Å². The molecule has 0 radical (unpaired) electrons. The summed E-state index contributed by atoms with van der Waals surface area (Å²) in [5, 5.41) is 10.9. The highest BCUT2D eigenvalue weighted by atomic mass is 35.5. The van der Waals surface area contributed by atoms with E-state index < -0.39 is 20.9 Å². The second-order valence-electron chi connectivity index (χ2n) is 7.28. The van der Waals surface area contributed by atoms with E-state index >= 15 is 0 Å². The van der Waals surface area contributed by atoms with Crippen LogP contribution in [0, 0.1) is 6.92 Å². The molecule has 2 aromatic heterocycles. The van der Waals surface area contributed by atoms with E-state index in [1.165, 1.54) is 23.1 Å². The quantitative estimate of drug-likeness (QED) is 0.170. The maximum atomic E-state index is 12.9. The number of nitrogens with zero attached hydrogens (tertiary/aromatic N) is 4. The molecule has 2 aromatic carbocycles. The van der Waals surface area contributed by atoms with E-state index in [0.29, 0.717) is 20.7 Å². The molecule has 2 heterocycles. The lowest BCUT2D eigenvalue weighted by Gasteiger charge is -2.08. The Morgan fingerprint density at radius 3 is 2.57 bits per heavy atom. The zero-order chi connectivity index (χ0) is 25.0. The number of rotatable bonds is 8. The Labute approximate surface area is 220 Å². The average Bonchev–Trinajstić information content (AvgIpc) is 3.27. The fourth-order valence-corrected chi connectivity index (χ4v) is 6.21. The second kappa shape index (κ2) is 11.0. The second-order valence-corrected chi connectivity index (χ2v) is 12.2. The zero-order valence-corrected chi connectivity index (χ0v) is 22.1. The number of benzene rings is 2. The van der Waals surface area contributed by atoms with Gasteiger partial charge in [0.2, 0.25) is 20.1 Å². The number of thioether (sulfide) groups is 1. The fraction of sp³-hybridized carbons (Fsp3) is 0.136. The lowest BCUT2D eigenvalue weighted by Crippen LogP contribution is -2.18. The predicted octanol–water partition coefficient (Wildman–Crippen LogP) is 5.46. The zero-order valence-electron chi connectivity index (χ0n) is 18.1. The average molecular weight is 567 g/mol. The van der Waals surface area contributed by atoms with E-state index in [9.17, 15) is 13.2 Å². The van der Waals surface area contributed by atoms with Crippen molar-refractivity contribution in [1.82, 2.24) is 20.2 Å². The summed E-state index contributed by atoms with van der Waals surface area (Å²) >= 11 is 14.6. The lowest BCUT2D eigenvalue weighted by molar-refractivity contribution is 0.102. The van der Waals surface area contributed by atoms with E-state index in [-0.39, 0.29) is 21.6 Å². The maximum absolute atomic E-state index is 12.9. The van der Waals surface area contributed by atoms with Gasteiger partial charge in [-0.15, -0.1) is 10.2 Å². The molecule has 8 nitrogen and oxygen atoms in total. The summed E-state index contributed by atoms with van der Waals surface area (Å²) in [6, 6.07) is 14.6. The van der Waals surface area contributed by atoms with Crippen molar-refractivity contribution in [3.05, 3.63) is 87.2 Å². The van der Waals surface area contributed by atoms with Gasteiger partial charge in [0.05, 0.1) is 17.0 Å². The van der Waals surface area contributed by atoms with Crippen LogP contribution in [-0.2, 0) is 21.3 Å². The van der Waals surface area contributed by atoms with Crippen molar-refractivity contribution < 1.29 is 13.2 Å². The molecule has 0 unspecified atom stereocenters. The first-order valence-corrected chi connectivity index (χ1v) is 14.2. The number of anilines is 1. The number of halogens is 2. The first kappa shape index (κ1) is 25.5. The molecule has 0 aliphatic heterocycles. The molecule has 0 atom stereocenters.